The van der Waals surface area contributed by atoms with Gasteiger partial charge in [0.25, 0.3) is 0 Å². The van der Waals surface area contributed by atoms with Crippen LogP contribution < -0.4 is 4.74 Å². The molecule has 0 heterocycles. The van der Waals surface area contributed by atoms with E-state index in [1.165, 1.54) is 6.07 Å². The van der Waals surface area contributed by atoms with Crippen molar-refractivity contribution in [1.82, 2.24) is 0 Å². The second-order valence-corrected chi connectivity index (χ2v) is 3.29. The van der Waals surface area contributed by atoms with Crippen LogP contribution in [0.3, 0.4) is 0 Å². The van der Waals surface area contributed by atoms with E-state index in [0.717, 1.165) is 12.7 Å². The van der Waals surface area contributed by atoms with Crippen LogP contribution in [0.25, 0.3) is 4.85 Å². The lowest BCUT2D eigenvalue weighted by atomic mass is 10.2. The quantitative estimate of drug-likeness (QED) is 0.555. The maximum atomic E-state index is 10.5. The first-order valence-electron chi connectivity index (χ1n) is 4.84. The molecule has 1 atom stereocenters. The summed E-state index contributed by atoms with van der Waals surface area (Å²) in [7, 11) is 0. The molecule has 3 heteroatoms. The SMILES string of the molecule is [C-]#[N+]c1cc(C=O)ccc1O[C@H](C)CC. The van der Waals surface area contributed by atoms with Crippen molar-refractivity contribution in [2.45, 2.75) is 26.4 Å². The van der Waals surface area contributed by atoms with Crippen LogP contribution in [0, 0.1) is 6.57 Å². The van der Waals surface area contributed by atoms with Gasteiger partial charge in [-0.2, -0.15) is 0 Å². The first-order chi connectivity index (χ1) is 7.21. The average molecular weight is 203 g/mol. The van der Waals surface area contributed by atoms with Crippen molar-refractivity contribution in [3.05, 3.63) is 35.2 Å². The maximum absolute atomic E-state index is 10.5. The molecule has 0 bridgehead atoms. The minimum Gasteiger partial charge on any atom is -0.502 e. The van der Waals surface area contributed by atoms with Crippen molar-refractivity contribution in [2.75, 3.05) is 0 Å². The molecular weight excluding hydrogens is 190 g/mol. The van der Waals surface area contributed by atoms with Crippen LogP contribution in [0.2, 0.25) is 0 Å². The van der Waals surface area contributed by atoms with Gasteiger partial charge in [0.15, 0.2) is 0 Å². The molecule has 0 aliphatic rings. The lowest BCUT2D eigenvalue weighted by Gasteiger charge is -2.13. The van der Waals surface area contributed by atoms with Gasteiger partial charge >= 0.3 is 0 Å². The first-order valence-corrected chi connectivity index (χ1v) is 4.84. The highest BCUT2D eigenvalue weighted by Crippen LogP contribution is 2.29. The van der Waals surface area contributed by atoms with Crippen molar-refractivity contribution < 1.29 is 9.53 Å². The third kappa shape index (κ3) is 2.81. The summed E-state index contributed by atoms with van der Waals surface area (Å²) in [6.07, 6.45) is 1.68. The van der Waals surface area contributed by atoms with Gasteiger partial charge in [0, 0.05) is 5.56 Å². The number of carbonyl (C=O) groups is 1. The van der Waals surface area contributed by atoms with E-state index < -0.39 is 0 Å². The average Bonchev–Trinajstić information content (AvgIpc) is 2.29. The Bertz CT molecular complexity index is 393. The van der Waals surface area contributed by atoms with E-state index in [1.54, 1.807) is 12.1 Å². The molecule has 0 unspecified atom stereocenters. The van der Waals surface area contributed by atoms with Crippen molar-refractivity contribution in [1.29, 1.82) is 0 Å². The zero-order chi connectivity index (χ0) is 11.3. The Morgan fingerprint density at radius 2 is 2.33 bits per heavy atom. The molecule has 0 saturated heterocycles. The molecule has 0 amide bonds. The Hall–Kier alpha value is -1.82. The molecule has 0 saturated carbocycles. The molecule has 0 fully saturated rings. The molecule has 0 aromatic heterocycles. The van der Waals surface area contributed by atoms with Gasteiger partial charge < -0.3 is 4.74 Å². The summed E-state index contributed by atoms with van der Waals surface area (Å²) >= 11 is 0. The van der Waals surface area contributed by atoms with Gasteiger partial charge in [-0.05, 0) is 25.5 Å². The minimum atomic E-state index is 0.0765. The molecular formula is C12H13NO2. The highest BCUT2D eigenvalue weighted by atomic mass is 16.5. The molecule has 0 radical (unpaired) electrons. The van der Waals surface area contributed by atoms with Gasteiger partial charge in [-0.25, -0.2) is 4.85 Å². The van der Waals surface area contributed by atoms with Crippen LogP contribution in [0.1, 0.15) is 30.6 Å². The number of aldehydes is 1. The molecule has 0 aliphatic heterocycles. The van der Waals surface area contributed by atoms with Crippen LogP contribution in [-0.2, 0) is 0 Å². The predicted octanol–water partition coefficient (Wildman–Crippen LogP) is 3.23. The van der Waals surface area contributed by atoms with Gasteiger partial charge in [0.1, 0.15) is 12.0 Å². The number of carbonyl (C=O) groups excluding carboxylic acids is 1. The van der Waals surface area contributed by atoms with E-state index in [1.807, 2.05) is 13.8 Å². The van der Waals surface area contributed by atoms with Crippen LogP contribution in [0.5, 0.6) is 5.75 Å². The monoisotopic (exact) mass is 203 g/mol. The van der Waals surface area contributed by atoms with Crippen molar-refractivity contribution in [3.8, 4) is 5.75 Å². The molecule has 1 rings (SSSR count). The fourth-order valence-electron chi connectivity index (χ4n) is 1.09. The van der Waals surface area contributed by atoms with Crippen molar-refractivity contribution in [2.24, 2.45) is 0 Å². The van der Waals surface area contributed by atoms with Crippen LogP contribution in [0.4, 0.5) is 5.69 Å². The van der Waals surface area contributed by atoms with E-state index in [-0.39, 0.29) is 6.10 Å². The smallest absolute Gasteiger partial charge is 0.228 e. The molecule has 1 aromatic rings. The molecule has 78 valence electrons. The van der Waals surface area contributed by atoms with Crippen molar-refractivity contribution in [3.63, 3.8) is 0 Å². The predicted molar refractivity (Wildman–Crippen MR) is 58.5 cm³/mol. The number of benzene rings is 1. The largest absolute Gasteiger partial charge is 0.502 e. The Morgan fingerprint density at radius 1 is 1.60 bits per heavy atom. The molecule has 0 spiro atoms. The zero-order valence-corrected chi connectivity index (χ0v) is 8.86. The van der Waals surface area contributed by atoms with Gasteiger partial charge in [-0.15, -0.1) is 0 Å². The summed E-state index contributed by atoms with van der Waals surface area (Å²) in [5.74, 6) is 0.546. The van der Waals surface area contributed by atoms with E-state index in [4.69, 9.17) is 11.3 Å². The highest BCUT2D eigenvalue weighted by Gasteiger charge is 2.07. The van der Waals surface area contributed by atoms with Crippen LogP contribution >= 0.6 is 0 Å². The summed E-state index contributed by atoms with van der Waals surface area (Å²) in [5.41, 5.74) is 0.886. The second-order valence-electron chi connectivity index (χ2n) is 3.29. The Labute approximate surface area is 89.5 Å². The third-order valence-electron chi connectivity index (χ3n) is 2.14. The molecule has 0 N–H and O–H groups in total. The summed E-state index contributed by atoms with van der Waals surface area (Å²) in [4.78, 5) is 13.9. The minimum absolute atomic E-state index is 0.0765. The number of ether oxygens (including phenoxy) is 1. The van der Waals surface area contributed by atoms with Crippen molar-refractivity contribution >= 4 is 12.0 Å². The van der Waals surface area contributed by atoms with Gasteiger partial charge in [-0.3, -0.25) is 4.79 Å². The maximum Gasteiger partial charge on any atom is 0.228 e. The molecule has 0 aliphatic carbocycles. The summed E-state index contributed by atoms with van der Waals surface area (Å²) in [6.45, 7) is 10.9. The Morgan fingerprint density at radius 3 is 2.87 bits per heavy atom. The standard InChI is InChI=1S/C12H13NO2/c1-4-9(2)15-12-6-5-10(8-14)7-11(12)13-3/h5-9H,4H2,1-2H3/t9-/m1/s1. The molecule has 1 aromatic carbocycles. The van der Waals surface area contributed by atoms with E-state index in [2.05, 4.69) is 4.85 Å². The number of nitrogens with zero attached hydrogens (tertiary/aromatic N) is 1. The van der Waals surface area contributed by atoms with E-state index in [9.17, 15) is 4.79 Å². The topological polar surface area (TPSA) is 30.7 Å². The van der Waals surface area contributed by atoms with E-state index >= 15 is 0 Å². The molecule has 3 nitrogen and oxygen atoms in total. The van der Waals surface area contributed by atoms with Crippen LogP contribution in [0.15, 0.2) is 18.2 Å². The van der Waals surface area contributed by atoms with E-state index in [0.29, 0.717) is 17.0 Å². The summed E-state index contributed by atoms with van der Waals surface area (Å²) in [5, 5.41) is 0. The number of hydrogen-bond donors (Lipinski definition) is 0. The van der Waals surface area contributed by atoms with Gasteiger partial charge in [0.05, 0.1) is 12.7 Å². The zero-order valence-electron chi connectivity index (χ0n) is 8.86. The molecule has 15 heavy (non-hydrogen) atoms. The highest BCUT2D eigenvalue weighted by molar-refractivity contribution is 5.78. The number of rotatable bonds is 4. The Balaban J connectivity index is 2.98. The normalized spacial score (nSPS) is 11.5. The van der Waals surface area contributed by atoms with Gasteiger partial charge in [0.2, 0.25) is 5.69 Å². The lowest BCUT2D eigenvalue weighted by Crippen LogP contribution is -2.09. The lowest BCUT2D eigenvalue weighted by molar-refractivity contribution is 0.112. The summed E-state index contributed by atoms with van der Waals surface area (Å²) < 4.78 is 5.56. The third-order valence-corrected chi connectivity index (χ3v) is 2.14. The Kier molecular flexibility index (Phi) is 3.87. The van der Waals surface area contributed by atoms with Gasteiger partial charge in [-0.1, -0.05) is 13.0 Å². The summed E-state index contributed by atoms with van der Waals surface area (Å²) in [6, 6.07) is 4.86. The number of hydrogen-bond acceptors (Lipinski definition) is 2. The fourth-order valence-corrected chi connectivity index (χ4v) is 1.09. The fraction of sp³-hybridized carbons (Fsp3) is 0.333. The first kappa shape index (κ1) is 11.3. The van der Waals surface area contributed by atoms with Crippen LogP contribution in [-0.4, -0.2) is 12.4 Å². The second kappa shape index (κ2) is 5.16.